The summed E-state index contributed by atoms with van der Waals surface area (Å²) in [5.41, 5.74) is 7.97. The van der Waals surface area contributed by atoms with E-state index in [1.165, 1.54) is 10.9 Å². The lowest BCUT2D eigenvalue weighted by Crippen LogP contribution is -2.02. The van der Waals surface area contributed by atoms with Crippen LogP contribution < -0.4 is 5.73 Å². The van der Waals surface area contributed by atoms with E-state index in [-0.39, 0.29) is 0 Å². The van der Waals surface area contributed by atoms with Gasteiger partial charge >= 0.3 is 0 Å². The Labute approximate surface area is 101 Å². The van der Waals surface area contributed by atoms with Gasteiger partial charge in [-0.3, -0.25) is 0 Å². The summed E-state index contributed by atoms with van der Waals surface area (Å²) in [6.07, 6.45) is 5.90. The number of nitrogens with zero attached hydrogens (tertiary/aromatic N) is 2. The Hall–Kier alpha value is -1.39. The third-order valence-corrected chi connectivity index (χ3v) is 2.88. The molecule has 2 rings (SSSR count). The van der Waals surface area contributed by atoms with Crippen LogP contribution in [0.4, 0.5) is 0 Å². The number of ether oxygens (including phenoxy) is 1. The van der Waals surface area contributed by atoms with Crippen molar-refractivity contribution in [2.75, 3.05) is 20.3 Å². The molecule has 0 spiro atoms. The Bertz CT molecular complexity index is 478. The van der Waals surface area contributed by atoms with E-state index < -0.39 is 0 Å². The van der Waals surface area contributed by atoms with E-state index in [9.17, 15) is 0 Å². The van der Waals surface area contributed by atoms with Gasteiger partial charge in [-0.05, 0) is 37.1 Å². The summed E-state index contributed by atoms with van der Waals surface area (Å²) in [5, 5.41) is 1.22. The molecule has 4 heteroatoms. The first-order valence-corrected chi connectivity index (χ1v) is 5.98. The average Bonchev–Trinajstić information content (AvgIpc) is 2.70. The maximum absolute atomic E-state index is 5.63. The van der Waals surface area contributed by atoms with Crippen LogP contribution in [0.1, 0.15) is 12.0 Å². The summed E-state index contributed by atoms with van der Waals surface area (Å²) in [7, 11) is 1.73. The first-order valence-electron chi connectivity index (χ1n) is 5.98. The van der Waals surface area contributed by atoms with Crippen molar-refractivity contribution in [3.63, 3.8) is 0 Å². The highest BCUT2D eigenvalue weighted by Crippen LogP contribution is 2.19. The fourth-order valence-electron chi connectivity index (χ4n) is 2.10. The third-order valence-electron chi connectivity index (χ3n) is 2.88. The monoisotopic (exact) mass is 233 g/mol. The molecule has 0 radical (unpaired) electrons. The lowest BCUT2D eigenvalue weighted by atomic mass is 10.2. The molecule has 2 aromatic heterocycles. The molecule has 2 heterocycles. The number of nitrogens with two attached hydrogens (primary N) is 1. The van der Waals surface area contributed by atoms with Gasteiger partial charge in [0.15, 0.2) is 0 Å². The van der Waals surface area contributed by atoms with Crippen molar-refractivity contribution >= 4 is 11.0 Å². The smallest absolute Gasteiger partial charge is 0.140 e. The van der Waals surface area contributed by atoms with Crippen molar-refractivity contribution in [3.05, 3.63) is 30.1 Å². The topological polar surface area (TPSA) is 53.1 Å². The molecule has 0 aromatic carbocycles. The first-order chi connectivity index (χ1) is 8.36. The van der Waals surface area contributed by atoms with Gasteiger partial charge in [0, 0.05) is 38.0 Å². The largest absolute Gasteiger partial charge is 0.385 e. The Morgan fingerprint density at radius 2 is 2.35 bits per heavy atom. The van der Waals surface area contributed by atoms with Gasteiger partial charge in [-0.15, -0.1) is 0 Å². The summed E-state index contributed by atoms with van der Waals surface area (Å²) >= 11 is 0. The second-order valence-corrected chi connectivity index (χ2v) is 4.11. The molecule has 0 aliphatic carbocycles. The maximum atomic E-state index is 5.63. The zero-order valence-corrected chi connectivity index (χ0v) is 10.2. The van der Waals surface area contributed by atoms with Crippen LogP contribution in [0.2, 0.25) is 0 Å². The number of rotatable bonds is 6. The van der Waals surface area contributed by atoms with Crippen LogP contribution in [0.25, 0.3) is 11.0 Å². The van der Waals surface area contributed by atoms with Crippen molar-refractivity contribution < 1.29 is 4.74 Å². The second-order valence-electron chi connectivity index (χ2n) is 4.11. The highest BCUT2D eigenvalue weighted by Gasteiger charge is 2.07. The van der Waals surface area contributed by atoms with Crippen molar-refractivity contribution in [1.82, 2.24) is 9.55 Å². The van der Waals surface area contributed by atoms with Crippen molar-refractivity contribution in [3.8, 4) is 0 Å². The number of aromatic nitrogens is 2. The fraction of sp³-hybridized carbons (Fsp3) is 0.462. The van der Waals surface area contributed by atoms with Crippen LogP contribution in [-0.2, 0) is 17.7 Å². The van der Waals surface area contributed by atoms with Crippen molar-refractivity contribution in [1.29, 1.82) is 0 Å². The van der Waals surface area contributed by atoms with Gasteiger partial charge < -0.3 is 15.0 Å². The summed E-state index contributed by atoms with van der Waals surface area (Å²) < 4.78 is 7.27. The summed E-state index contributed by atoms with van der Waals surface area (Å²) in [4.78, 5) is 4.44. The molecule has 4 nitrogen and oxygen atoms in total. The highest BCUT2D eigenvalue weighted by atomic mass is 16.5. The van der Waals surface area contributed by atoms with Crippen LogP contribution in [0.5, 0.6) is 0 Å². The van der Waals surface area contributed by atoms with E-state index in [4.69, 9.17) is 10.5 Å². The van der Waals surface area contributed by atoms with Crippen LogP contribution in [-0.4, -0.2) is 29.8 Å². The molecular weight excluding hydrogens is 214 g/mol. The predicted molar refractivity (Wildman–Crippen MR) is 69.0 cm³/mol. The number of aryl methyl sites for hydroxylation is 1. The third kappa shape index (κ3) is 2.65. The predicted octanol–water partition coefficient (Wildman–Crippen LogP) is 1.57. The summed E-state index contributed by atoms with van der Waals surface area (Å²) in [6, 6.07) is 4.09. The highest BCUT2D eigenvalue weighted by molar-refractivity contribution is 5.80. The molecule has 0 unspecified atom stereocenters. The first kappa shape index (κ1) is 12.1. The number of hydrogen-bond acceptors (Lipinski definition) is 3. The lowest BCUT2D eigenvalue weighted by Gasteiger charge is -2.03. The van der Waals surface area contributed by atoms with Gasteiger partial charge in [0.25, 0.3) is 0 Å². The zero-order chi connectivity index (χ0) is 12.1. The van der Waals surface area contributed by atoms with Gasteiger partial charge in [0.1, 0.15) is 5.65 Å². The molecule has 0 aliphatic heterocycles. The van der Waals surface area contributed by atoms with Crippen LogP contribution in [0.15, 0.2) is 24.5 Å². The average molecular weight is 233 g/mol. The molecule has 0 amide bonds. The minimum atomic E-state index is 0.673. The van der Waals surface area contributed by atoms with E-state index in [2.05, 4.69) is 21.8 Å². The molecule has 0 bridgehead atoms. The molecule has 0 saturated carbocycles. The van der Waals surface area contributed by atoms with Crippen LogP contribution in [0, 0.1) is 0 Å². The van der Waals surface area contributed by atoms with E-state index >= 15 is 0 Å². The molecule has 0 atom stereocenters. The Morgan fingerprint density at radius 3 is 3.12 bits per heavy atom. The lowest BCUT2D eigenvalue weighted by molar-refractivity contribution is 0.190. The summed E-state index contributed by atoms with van der Waals surface area (Å²) in [6.45, 7) is 2.39. The minimum absolute atomic E-state index is 0.673. The second kappa shape index (κ2) is 5.80. The SMILES string of the molecule is COCCCn1cc(CCN)c2cccnc21. The summed E-state index contributed by atoms with van der Waals surface area (Å²) in [5.74, 6) is 0. The number of pyridine rings is 1. The molecule has 0 aliphatic rings. The molecule has 0 fully saturated rings. The Balaban J connectivity index is 2.28. The van der Waals surface area contributed by atoms with Gasteiger partial charge in [-0.2, -0.15) is 0 Å². The Kier molecular flexibility index (Phi) is 4.12. The van der Waals surface area contributed by atoms with Gasteiger partial charge in [0.05, 0.1) is 0 Å². The molecule has 0 saturated heterocycles. The van der Waals surface area contributed by atoms with Gasteiger partial charge in [-0.1, -0.05) is 0 Å². The molecule has 2 aromatic rings. The Morgan fingerprint density at radius 1 is 1.47 bits per heavy atom. The van der Waals surface area contributed by atoms with E-state index in [0.717, 1.165) is 31.6 Å². The number of methoxy groups -OCH3 is 1. The quantitative estimate of drug-likeness (QED) is 0.771. The number of fused-ring (bicyclic) bond motifs is 1. The number of hydrogen-bond donors (Lipinski definition) is 1. The normalized spacial score (nSPS) is 11.2. The molecule has 92 valence electrons. The van der Waals surface area contributed by atoms with E-state index in [1.54, 1.807) is 7.11 Å². The van der Waals surface area contributed by atoms with Crippen molar-refractivity contribution in [2.45, 2.75) is 19.4 Å². The van der Waals surface area contributed by atoms with Crippen LogP contribution in [0.3, 0.4) is 0 Å². The van der Waals surface area contributed by atoms with E-state index in [0.29, 0.717) is 6.54 Å². The molecule has 17 heavy (non-hydrogen) atoms. The van der Waals surface area contributed by atoms with Gasteiger partial charge in [-0.25, -0.2) is 4.98 Å². The van der Waals surface area contributed by atoms with Crippen LogP contribution >= 0.6 is 0 Å². The molecular formula is C13H19N3O. The standard InChI is InChI=1S/C13H19N3O/c1-17-9-3-8-16-10-11(5-6-14)12-4-2-7-15-13(12)16/h2,4,7,10H,3,5-6,8-9,14H2,1H3. The minimum Gasteiger partial charge on any atom is -0.385 e. The maximum Gasteiger partial charge on any atom is 0.140 e. The molecule has 2 N–H and O–H groups in total. The van der Waals surface area contributed by atoms with Crippen molar-refractivity contribution in [2.24, 2.45) is 5.73 Å². The zero-order valence-electron chi connectivity index (χ0n) is 10.2. The van der Waals surface area contributed by atoms with E-state index in [1.807, 2.05) is 12.3 Å². The van der Waals surface area contributed by atoms with Gasteiger partial charge in [0.2, 0.25) is 0 Å². The fourth-order valence-corrected chi connectivity index (χ4v) is 2.10.